The fourth-order valence-corrected chi connectivity index (χ4v) is 3.01. The second-order valence-corrected chi connectivity index (χ2v) is 6.82. The summed E-state index contributed by atoms with van der Waals surface area (Å²) < 4.78 is 5.74. The Morgan fingerprint density at radius 3 is 2.56 bits per heavy atom. The molecule has 1 saturated carbocycles. The first kappa shape index (κ1) is 17.7. The van der Waals surface area contributed by atoms with E-state index in [9.17, 15) is 4.79 Å². The van der Waals surface area contributed by atoms with Gasteiger partial charge in [-0.05, 0) is 44.0 Å². The molecular weight excluding hydrogens is 316 g/mol. The number of carbonyl (C=O) groups excluding carboxylic acids is 1. The molecule has 6 heteroatoms. The van der Waals surface area contributed by atoms with Gasteiger partial charge in [0.05, 0.1) is 17.7 Å². The zero-order valence-electron chi connectivity index (χ0n) is 14.8. The van der Waals surface area contributed by atoms with Crippen molar-refractivity contribution in [3.63, 3.8) is 0 Å². The Hall–Kier alpha value is -2.10. The minimum Gasteiger partial charge on any atom is -0.492 e. The highest BCUT2D eigenvalue weighted by Crippen LogP contribution is 2.19. The molecule has 1 unspecified atom stereocenters. The second kappa shape index (κ2) is 8.32. The lowest BCUT2D eigenvalue weighted by atomic mass is 10.2. The van der Waals surface area contributed by atoms with Crippen LogP contribution < -0.4 is 10.1 Å². The maximum absolute atomic E-state index is 12.1. The van der Waals surface area contributed by atoms with E-state index in [4.69, 9.17) is 10.00 Å². The molecule has 1 amide bonds. The van der Waals surface area contributed by atoms with Gasteiger partial charge in [-0.1, -0.05) is 0 Å². The lowest BCUT2D eigenvalue weighted by molar-refractivity contribution is -0.126. The number of benzene rings is 1. The molecule has 0 spiro atoms. The Morgan fingerprint density at radius 1 is 1.28 bits per heavy atom. The van der Waals surface area contributed by atoms with Gasteiger partial charge < -0.3 is 10.1 Å². The van der Waals surface area contributed by atoms with Gasteiger partial charge in [0.15, 0.2) is 0 Å². The van der Waals surface area contributed by atoms with Gasteiger partial charge >= 0.3 is 0 Å². The van der Waals surface area contributed by atoms with Crippen molar-refractivity contribution in [1.82, 2.24) is 15.1 Å². The van der Waals surface area contributed by atoms with Crippen LogP contribution >= 0.6 is 0 Å². The molecule has 1 aliphatic heterocycles. The van der Waals surface area contributed by atoms with Gasteiger partial charge in [0.25, 0.3) is 0 Å². The van der Waals surface area contributed by atoms with Gasteiger partial charge in [0, 0.05) is 38.8 Å². The van der Waals surface area contributed by atoms with Crippen LogP contribution in [-0.4, -0.2) is 67.1 Å². The van der Waals surface area contributed by atoms with Crippen molar-refractivity contribution in [2.24, 2.45) is 0 Å². The molecule has 1 heterocycles. The number of amides is 1. The largest absolute Gasteiger partial charge is 0.492 e. The van der Waals surface area contributed by atoms with Crippen LogP contribution in [0.25, 0.3) is 0 Å². The van der Waals surface area contributed by atoms with E-state index in [1.807, 2.05) is 19.1 Å². The summed E-state index contributed by atoms with van der Waals surface area (Å²) in [7, 11) is 0. The van der Waals surface area contributed by atoms with Gasteiger partial charge in [0.1, 0.15) is 12.4 Å². The normalized spacial score (nSPS) is 19.8. The summed E-state index contributed by atoms with van der Waals surface area (Å²) >= 11 is 0. The van der Waals surface area contributed by atoms with Crippen LogP contribution in [0.4, 0.5) is 0 Å². The van der Waals surface area contributed by atoms with E-state index < -0.39 is 0 Å². The Balaban J connectivity index is 1.34. The fraction of sp³-hybridized carbons (Fsp3) is 0.579. The lowest BCUT2D eigenvalue weighted by Gasteiger charge is -2.37. The Labute approximate surface area is 149 Å². The van der Waals surface area contributed by atoms with Gasteiger partial charge in [-0.25, -0.2) is 0 Å². The summed E-state index contributed by atoms with van der Waals surface area (Å²) in [5, 5.41) is 11.9. The van der Waals surface area contributed by atoms with Crippen LogP contribution in [0.15, 0.2) is 24.3 Å². The Morgan fingerprint density at radius 2 is 1.96 bits per heavy atom. The SMILES string of the molecule is CC(C(=O)NC1CC1)N1CCN(CCOc2ccc(C#N)cc2)CC1. The summed E-state index contributed by atoms with van der Waals surface area (Å²) in [6.45, 7) is 7.24. The molecule has 25 heavy (non-hydrogen) atoms. The summed E-state index contributed by atoms with van der Waals surface area (Å²) in [4.78, 5) is 16.8. The van der Waals surface area contributed by atoms with E-state index in [0.717, 1.165) is 51.3 Å². The van der Waals surface area contributed by atoms with Crippen molar-refractivity contribution in [3.8, 4) is 11.8 Å². The molecule has 1 aliphatic carbocycles. The van der Waals surface area contributed by atoms with E-state index in [1.54, 1.807) is 12.1 Å². The van der Waals surface area contributed by atoms with E-state index >= 15 is 0 Å². The first-order valence-corrected chi connectivity index (χ1v) is 9.05. The number of ether oxygens (including phenoxy) is 1. The Bertz CT molecular complexity index is 613. The van der Waals surface area contributed by atoms with E-state index in [-0.39, 0.29) is 11.9 Å². The number of nitriles is 1. The molecule has 0 aromatic heterocycles. The number of piperazine rings is 1. The zero-order valence-corrected chi connectivity index (χ0v) is 14.8. The zero-order chi connectivity index (χ0) is 17.6. The van der Waals surface area contributed by atoms with Crippen LogP contribution in [0, 0.1) is 11.3 Å². The molecule has 2 aliphatic rings. The van der Waals surface area contributed by atoms with Crippen LogP contribution in [0.1, 0.15) is 25.3 Å². The van der Waals surface area contributed by atoms with Crippen molar-refractivity contribution in [2.45, 2.75) is 31.8 Å². The maximum atomic E-state index is 12.1. The third-order valence-corrected chi connectivity index (χ3v) is 4.92. The molecule has 134 valence electrons. The fourth-order valence-electron chi connectivity index (χ4n) is 3.01. The van der Waals surface area contributed by atoms with E-state index in [0.29, 0.717) is 18.2 Å². The first-order chi connectivity index (χ1) is 12.2. The van der Waals surface area contributed by atoms with Gasteiger partial charge in [0.2, 0.25) is 5.91 Å². The molecule has 6 nitrogen and oxygen atoms in total. The predicted octanol–water partition coefficient (Wildman–Crippen LogP) is 1.22. The first-order valence-electron chi connectivity index (χ1n) is 9.05. The number of hydrogen-bond acceptors (Lipinski definition) is 5. The third-order valence-electron chi connectivity index (χ3n) is 4.92. The highest BCUT2D eigenvalue weighted by atomic mass is 16.5. The molecule has 1 aromatic rings. The summed E-state index contributed by atoms with van der Waals surface area (Å²) in [6.07, 6.45) is 2.26. The quantitative estimate of drug-likeness (QED) is 0.807. The highest BCUT2D eigenvalue weighted by molar-refractivity contribution is 5.81. The van der Waals surface area contributed by atoms with Crippen LogP contribution in [0.5, 0.6) is 5.75 Å². The predicted molar refractivity (Wildman–Crippen MR) is 95.3 cm³/mol. The average Bonchev–Trinajstić information content (AvgIpc) is 3.46. The minimum absolute atomic E-state index is 0.0438. The topological polar surface area (TPSA) is 68.6 Å². The summed E-state index contributed by atoms with van der Waals surface area (Å²) in [5.74, 6) is 0.961. The monoisotopic (exact) mass is 342 g/mol. The molecule has 1 N–H and O–H groups in total. The molecule has 0 bridgehead atoms. The number of nitrogens with zero attached hydrogens (tertiary/aromatic N) is 3. The lowest BCUT2D eigenvalue weighted by Crippen LogP contribution is -2.54. The number of carbonyl (C=O) groups is 1. The van der Waals surface area contributed by atoms with Crippen molar-refractivity contribution < 1.29 is 9.53 Å². The van der Waals surface area contributed by atoms with E-state index in [2.05, 4.69) is 21.2 Å². The number of rotatable bonds is 7. The highest BCUT2D eigenvalue weighted by Gasteiger charge is 2.29. The van der Waals surface area contributed by atoms with Crippen molar-refractivity contribution in [3.05, 3.63) is 29.8 Å². The molecule has 0 radical (unpaired) electrons. The molecule has 1 aromatic carbocycles. The van der Waals surface area contributed by atoms with E-state index in [1.165, 1.54) is 0 Å². The summed E-state index contributed by atoms with van der Waals surface area (Å²) in [5.41, 5.74) is 0.642. The maximum Gasteiger partial charge on any atom is 0.237 e. The van der Waals surface area contributed by atoms with Crippen molar-refractivity contribution >= 4 is 5.91 Å². The van der Waals surface area contributed by atoms with Gasteiger partial charge in [-0.15, -0.1) is 0 Å². The third kappa shape index (κ3) is 5.18. The number of nitrogens with one attached hydrogen (secondary N) is 1. The van der Waals surface area contributed by atoms with Gasteiger partial charge in [-0.3, -0.25) is 14.6 Å². The van der Waals surface area contributed by atoms with Crippen molar-refractivity contribution in [2.75, 3.05) is 39.3 Å². The van der Waals surface area contributed by atoms with Crippen LogP contribution in [0.3, 0.4) is 0 Å². The molecule has 2 fully saturated rings. The molecule has 1 atom stereocenters. The summed E-state index contributed by atoms with van der Waals surface area (Å²) in [6, 6.07) is 9.67. The average molecular weight is 342 g/mol. The number of hydrogen-bond donors (Lipinski definition) is 1. The molecule has 1 saturated heterocycles. The standard InChI is InChI=1S/C19H26N4O2/c1-15(19(24)21-17-4-5-17)23-10-8-22(9-11-23)12-13-25-18-6-2-16(14-20)3-7-18/h2-3,6-7,15,17H,4-5,8-13H2,1H3,(H,21,24). The minimum atomic E-state index is -0.0438. The van der Waals surface area contributed by atoms with Crippen LogP contribution in [-0.2, 0) is 4.79 Å². The molecule has 3 rings (SSSR count). The van der Waals surface area contributed by atoms with Gasteiger partial charge in [-0.2, -0.15) is 5.26 Å². The Kier molecular flexibility index (Phi) is 5.90. The van der Waals surface area contributed by atoms with Crippen molar-refractivity contribution in [1.29, 1.82) is 5.26 Å². The smallest absolute Gasteiger partial charge is 0.237 e. The second-order valence-electron chi connectivity index (χ2n) is 6.82. The molecular formula is C19H26N4O2. The van der Waals surface area contributed by atoms with Crippen LogP contribution in [0.2, 0.25) is 0 Å².